The number of hydrogen-bond donors (Lipinski definition) is 1. The molecule has 1 aromatic carbocycles. The Balaban J connectivity index is 2.07. The Morgan fingerprint density at radius 1 is 1.28 bits per heavy atom. The average molecular weight is 247 g/mol. The lowest BCUT2D eigenvalue weighted by Crippen LogP contribution is -2.12. The highest BCUT2D eigenvalue weighted by atomic mass is 16.6. The van der Waals surface area contributed by atoms with Crippen LogP contribution in [-0.4, -0.2) is 29.3 Å². The van der Waals surface area contributed by atoms with Gasteiger partial charge in [0.05, 0.1) is 12.7 Å². The summed E-state index contributed by atoms with van der Waals surface area (Å²) >= 11 is 0. The number of carbonyl (C=O) groups is 2. The molecule has 1 N–H and O–H groups in total. The first-order chi connectivity index (χ1) is 8.70. The molecular weight excluding hydrogens is 238 g/mol. The Bertz CT molecular complexity index is 548. The Hall–Kier alpha value is -2.70. The molecule has 18 heavy (non-hydrogen) atoms. The van der Waals surface area contributed by atoms with E-state index in [0.29, 0.717) is 11.3 Å². The van der Waals surface area contributed by atoms with Gasteiger partial charge in [-0.25, -0.2) is 9.42 Å². The molecule has 0 aliphatic carbocycles. The summed E-state index contributed by atoms with van der Waals surface area (Å²) in [7, 11) is 1.30. The molecule has 92 valence electrons. The monoisotopic (exact) mass is 247 g/mol. The fourth-order valence-electron chi connectivity index (χ4n) is 1.27. The van der Waals surface area contributed by atoms with Crippen molar-refractivity contribution >= 4 is 17.6 Å². The number of carbonyl (C=O) groups excluding carboxylic acids is 2. The van der Waals surface area contributed by atoms with Gasteiger partial charge in [0.15, 0.2) is 5.69 Å². The van der Waals surface area contributed by atoms with E-state index >= 15 is 0 Å². The minimum atomic E-state index is -0.443. The van der Waals surface area contributed by atoms with Gasteiger partial charge in [-0.05, 0) is 29.4 Å². The van der Waals surface area contributed by atoms with Crippen molar-refractivity contribution in [3.63, 3.8) is 0 Å². The van der Waals surface area contributed by atoms with E-state index in [4.69, 9.17) is 0 Å². The number of methoxy groups -OCH3 is 1. The van der Waals surface area contributed by atoms with Crippen LogP contribution in [0.1, 0.15) is 20.8 Å². The van der Waals surface area contributed by atoms with Gasteiger partial charge in [-0.2, -0.15) is 0 Å². The second-order valence-corrected chi connectivity index (χ2v) is 3.32. The highest BCUT2D eigenvalue weighted by Crippen LogP contribution is 2.11. The van der Waals surface area contributed by atoms with E-state index in [1.807, 2.05) is 0 Å². The third kappa shape index (κ3) is 2.51. The van der Waals surface area contributed by atoms with Crippen LogP contribution in [0.15, 0.2) is 35.1 Å². The largest absolute Gasteiger partial charge is 0.465 e. The highest BCUT2D eigenvalue weighted by molar-refractivity contribution is 6.02. The molecule has 0 saturated heterocycles. The van der Waals surface area contributed by atoms with Crippen LogP contribution in [0, 0.1) is 0 Å². The molecule has 7 nitrogen and oxygen atoms in total. The molecule has 0 fully saturated rings. The molecule has 0 spiro atoms. The second kappa shape index (κ2) is 5.09. The number of amides is 1. The first-order valence-corrected chi connectivity index (χ1v) is 4.98. The number of benzene rings is 1. The van der Waals surface area contributed by atoms with Crippen LogP contribution in [0.25, 0.3) is 0 Å². The van der Waals surface area contributed by atoms with Gasteiger partial charge in [-0.15, -0.1) is 0 Å². The van der Waals surface area contributed by atoms with Crippen molar-refractivity contribution in [2.75, 3.05) is 12.4 Å². The highest BCUT2D eigenvalue weighted by Gasteiger charge is 2.10. The van der Waals surface area contributed by atoms with Crippen molar-refractivity contribution in [2.45, 2.75) is 0 Å². The van der Waals surface area contributed by atoms with Crippen molar-refractivity contribution in [3.8, 4) is 0 Å². The molecule has 1 heterocycles. The summed E-state index contributed by atoms with van der Waals surface area (Å²) < 4.78 is 8.88. The molecule has 1 aromatic heterocycles. The number of rotatable bonds is 3. The fourth-order valence-corrected chi connectivity index (χ4v) is 1.27. The summed E-state index contributed by atoms with van der Waals surface area (Å²) in [6, 6.07) is 6.25. The zero-order valence-electron chi connectivity index (χ0n) is 9.41. The van der Waals surface area contributed by atoms with Crippen molar-refractivity contribution in [1.82, 2.24) is 10.3 Å². The SMILES string of the molecule is COC(=O)c1ccc(NC(=O)c2cnon2)cc1. The van der Waals surface area contributed by atoms with Crippen LogP contribution in [0.4, 0.5) is 5.69 Å². The third-order valence-electron chi connectivity index (χ3n) is 2.16. The minimum absolute atomic E-state index is 0.0760. The summed E-state index contributed by atoms with van der Waals surface area (Å²) in [5.74, 6) is -0.879. The number of nitrogens with zero attached hydrogens (tertiary/aromatic N) is 2. The summed E-state index contributed by atoms with van der Waals surface area (Å²) in [5.41, 5.74) is 1.00. The van der Waals surface area contributed by atoms with Crippen LogP contribution in [0.3, 0.4) is 0 Å². The Labute approximate surface area is 102 Å². The molecule has 0 radical (unpaired) electrons. The maximum atomic E-state index is 11.6. The molecule has 0 aliphatic rings. The van der Waals surface area contributed by atoms with Crippen LogP contribution in [0.5, 0.6) is 0 Å². The Morgan fingerprint density at radius 2 is 2.00 bits per heavy atom. The molecule has 0 unspecified atom stereocenters. The van der Waals surface area contributed by atoms with E-state index in [1.54, 1.807) is 24.3 Å². The normalized spacial score (nSPS) is 9.83. The number of nitrogens with one attached hydrogen (secondary N) is 1. The van der Waals surface area contributed by atoms with E-state index in [2.05, 4.69) is 25.0 Å². The van der Waals surface area contributed by atoms with Gasteiger partial charge in [0.25, 0.3) is 5.91 Å². The van der Waals surface area contributed by atoms with Crippen LogP contribution < -0.4 is 5.32 Å². The maximum Gasteiger partial charge on any atom is 0.337 e. The lowest BCUT2D eigenvalue weighted by atomic mass is 10.2. The lowest BCUT2D eigenvalue weighted by Gasteiger charge is -2.03. The molecule has 0 saturated carbocycles. The Morgan fingerprint density at radius 3 is 2.56 bits per heavy atom. The van der Waals surface area contributed by atoms with Gasteiger partial charge in [0, 0.05) is 5.69 Å². The molecule has 2 rings (SSSR count). The van der Waals surface area contributed by atoms with E-state index in [-0.39, 0.29) is 5.69 Å². The summed E-state index contributed by atoms with van der Waals surface area (Å²) in [4.78, 5) is 22.8. The number of ether oxygens (including phenoxy) is 1. The summed E-state index contributed by atoms with van der Waals surface area (Å²) in [6.45, 7) is 0. The van der Waals surface area contributed by atoms with Crippen molar-refractivity contribution in [3.05, 3.63) is 41.7 Å². The van der Waals surface area contributed by atoms with Gasteiger partial charge < -0.3 is 10.1 Å². The lowest BCUT2D eigenvalue weighted by molar-refractivity contribution is 0.0600. The van der Waals surface area contributed by atoms with Gasteiger partial charge in [-0.3, -0.25) is 4.79 Å². The molecule has 2 aromatic rings. The zero-order valence-corrected chi connectivity index (χ0v) is 9.41. The van der Waals surface area contributed by atoms with E-state index in [1.165, 1.54) is 13.3 Å². The van der Waals surface area contributed by atoms with Gasteiger partial charge in [0.2, 0.25) is 0 Å². The summed E-state index contributed by atoms with van der Waals surface area (Å²) in [6.07, 6.45) is 1.21. The quantitative estimate of drug-likeness (QED) is 0.816. The van der Waals surface area contributed by atoms with Crippen LogP contribution in [0.2, 0.25) is 0 Å². The van der Waals surface area contributed by atoms with E-state index < -0.39 is 11.9 Å². The number of aromatic nitrogens is 2. The van der Waals surface area contributed by atoms with Crippen molar-refractivity contribution < 1.29 is 19.0 Å². The molecule has 0 aliphatic heterocycles. The molecule has 1 amide bonds. The van der Waals surface area contributed by atoms with Gasteiger partial charge in [0.1, 0.15) is 6.20 Å². The van der Waals surface area contributed by atoms with Gasteiger partial charge in [-0.1, -0.05) is 5.16 Å². The Kier molecular flexibility index (Phi) is 3.33. The first-order valence-electron chi connectivity index (χ1n) is 4.98. The second-order valence-electron chi connectivity index (χ2n) is 3.32. The predicted octanol–water partition coefficient (Wildman–Crippen LogP) is 1.11. The standard InChI is InChI=1S/C11H9N3O4/c1-17-11(16)7-2-4-8(5-3-7)13-10(15)9-6-12-18-14-9/h2-6H,1H3,(H,13,15). The van der Waals surface area contributed by atoms with E-state index in [9.17, 15) is 9.59 Å². The molecule has 0 atom stereocenters. The van der Waals surface area contributed by atoms with Gasteiger partial charge >= 0.3 is 5.97 Å². The van der Waals surface area contributed by atoms with Crippen molar-refractivity contribution in [2.24, 2.45) is 0 Å². The van der Waals surface area contributed by atoms with Crippen molar-refractivity contribution in [1.29, 1.82) is 0 Å². The zero-order chi connectivity index (χ0) is 13.0. The summed E-state index contributed by atoms with van der Waals surface area (Å²) in [5, 5.41) is 9.30. The first kappa shape index (κ1) is 11.8. The molecule has 7 heteroatoms. The number of anilines is 1. The minimum Gasteiger partial charge on any atom is -0.465 e. The number of hydrogen-bond acceptors (Lipinski definition) is 6. The smallest absolute Gasteiger partial charge is 0.337 e. The maximum absolute atomic E-state index is 11.6. The predicted molar refractivity (Wildman–Crippen MR) is 60.0 cm³/mol. The third-order valence-corrected chi connectivity index (χ3v) is 2.16. The van der Waals surface area contributed by atoms with Crippen LogP contribution >= 0.6 is 0 Å². The average Bonchev–Trinajstić information content (AvgIpc) is 2.92. The van der Waals surface area contributed by atoms with Crippen LogP contribution in [-0.2, 0) is 4.74 Å². The number of esters is 1. The fraction of sp³-hybridized carbons (Fsp3) is 0.0909. The molecule has 0 bridgehead atoms. The molecular formula is C11H9N3O4. The van der Waals surface area contributed by atoms with E-state index in [0.717, 1.165) is 0 Å². The topological polar surface area (TPSA) is 94.3 Å².